The highest BCUT2D eigenvalue weighted by Crippen LogP contribution is 2.39. The van der Waals surface area contributed by atoms with Gasteiger partial charge in [-0.3, -0.25) is 4.79 Å². The molecule has 33 heavy (non-hydrogen) atoms. The fourth-order valence-electron chi connectivity index (χ4n) is 4.67. The van der Waals surface area contributed by atoms with E-state index in [0.29, 0.717) is 18.3 Å². The van der Waals surface area contributed by atoms with Crippen LogP contribution in [0.4, 0.5) is 5.69 Å². The van der Waals surface area contributed by atoms with Crippen molar-refractivity contribution in [1.29, 1.82) is 0 Å². The van der Waals surface area contributed by atoms with Crippen LogP contribution in [-0.4, -0.2) is 18.4 Å². The number of Topliss-reactive ketones (excluding diaryl/α,β-unsaturated/α-hetero) is 1. The number of carbonyl (C=O) groups excluding carboxylic acids is 2. The van der Waals surface area contributed by atoms with Gasteiger partial charge in [-0.25, -0.2) is 4.79 Å². The first-order valence-electron chi connectivity index (χ1n) is 13.0. The van der Waals surface area contributed by atoms with Crippen LogP contribution in [0.25, 0.3) is 0 Å². The first-order valence-corrected chi connectivity index (χ1v) is 13.0. The SMILES string of the molecule is CCCCCCCC[C@H]1CC(=CNc2ccccc2)C(=O)[C@@H]1CCCCC=CC(=O)OCC. The fraction of sp³-hybridized carbons (Fsp3) is 0.586. The molecule has 0 aromatic heterocycles. The van der Waals surface area contributed by atoms with E-state index in [1.54, 1.807) is 0 Å². The summed E-state index contributed by atoms with van der Waals surface area (Å²) in [6, 6.07) is 10.0. The van der Waals surface area contributed by atoms with Crippen LogP contribution in [0.3, 0.4) is 0 Å². The Kier molecular flexibility index (Phi) is 13.3. The molecule has 1 saturated carbocycles. The number of ketones is 1. The predicted molar refractivity (Wildman–Crippen MR) is 137 cm³/mol. The summed E-state index contributed by atoms with van der Waals surface area (Å²) in [5, 5.41) is 3.32. The van der Waals surface area contributed by atoms with Crippen LogP contribution >= 0.6 is 0 Å². The van der Waals surface area contributed by atoms with Gasteiger partial charge in [-0.05, 0) is 57.1 Å². The highest BCUT2D eigenvalue weighted by Gasteiger charge is 2.37. The largest absolute Gasteiger partial charge is 0.463 e. The van der Waals surface area contributed by atoms with Gasteiger partial charge >= 0.3 is 5.97 Å². The van der Waals surface area contributed by atoms with Gasteiger partial charge in [0.2, 0.25) is 0 Å². The van der Waals surface area contributed by atoms with E-state index >= 15 is 0 Å². The lowest BCUT2D eigenvalue weighted by molar-refractivity contribution is -0.137. The Morgan fingerprint density at radius 3 is 2.48 bits per heavy atom. The molecule has 1 N–H and O–H groups in total. The molecule has 0 heterocycles. The van der Waals surface area contributed by atoms with Crippen LogP contribution < -0.4 is 5.32 Å². The van der Waals surface area contributed by atoms with Crippen molar-refractivity contribution in [3.63, 3.8) is 0 Å². The van der Waals surface area contributed by atoms with Crippen LogP contribution in [0.5, 0.6) is 0 Å². The number of hydrogen-bond acceptors (Lipinski definition) is 4. The molecule has 1 aliphatic rings. The maximum atomic E-state index is 13.2. The van der Waals surface area contributed by atoms with Gasteiger partial charge in [-0.1, -0.05) is 76.1 Å². The van der Waals surface area contributed by atoms with Gasteiger partial charge in [0, 0.05) is 29.5 Å². The van der Waals surface area contributed by atoms with Crippen molar-refractivity contribution >= 4 is 17.4 Å². The maximum absolute atomic E-state index is 13.2. The van der Waals surface area contributed by atoms with Gasteiger partial charge in [0.25, 0.3) is 0 Å². The lowest BCUT2D eigenvalue weighted by Crippen LogP contribution is -2.15. The van der Waals surface area contributed by atoms with Crippen molar-refractivity contribution in [3.05, 3.63) is 54.3 Å². The summed E-state index contributed by atoms with van der Waals surface area (Å²) >= 11 is 0. The summed E-state index contributed by atoms with van der Waals surface area (Å²) in [6.07, 6.45) is 18.9. The average molecular weight is 454 g/mol. The van der Waals surface area contributed by atoms with Gasteiger partial charge in [0.1, 0.15) is 0 Å². The van der Waals surface area contributed by atoms with Crippen LogP contribution in [-0.2, 0) is 14.3 Å². The normalized spacial score (nSPS) is 19.5. The third kappa shape index (κ3) is 10.4. The fourth-order valence-corrected chi connectivity index (χ4v) is 4.67. The Morgan fingerprint density at radius 2 is 1.73 bits per heavy atom. The van der Waals surface area contributed by atoms with E-state index in [2.05, 4.69) is 12.2 Å². The Hall–Kier alpha value is -2.36. The standard InChI is InChI=1S/C29H43NO3/c1-3-5-6-7-8-12-17-24-22-25(23-30-26-18-13-11-14-19-26)29(32)27(24)20-15-9-10-16-21-28(31)33-4-2/h11,13-14,16,18-19,21,23-24,27,30H,3-10,12,15,17,20,22H2,1-2H3/t24-,27+/m0/s1. The molecule has 0 bridgehead atoms. The van der Waals surface area contributed by atoms with Gasteiger partial charge in [0.15, 0.2) is 5.78 Å². The molecule has 1 aromatic rings. The molecule has 2 rings (SSSR count). The predicted octanol–water partition coefficient (Wildman–Crippen LogP) is 7.62. The quantitative estimate of drug-likeness (QED) is 0.159. The summed E-state index contributed by atoms with van der Waals surface area (Å²) in [5.41, 5.74) is 1.96. The molecule has 2 atom stereocenters. The van der Waals surface area contributed by atoms with Crippen LogP contribution in [0, 0.1) is 11.8 Å². The third-order valence-corrected chi connectivity index (χ3v) is 6.50. The number of unbranched alkanes of at least 4 members (excludes halogenated alkanes) is 7. The second kappa shape index (κ2) is 16.3. The van der Waals surface area contributed by atoms with Crippen LogP contribution in [0.1, 0.15) is 90.9 Å². The number of ether oxygens (including phenoxy) is 1. The van der Waals surface area contributed by atoms with Gasteiger partial charge in [-0.15, -0.1) is 0 Å². The average Bonchev–Trinajstić information content (AvgIpc) is 3.12. The zero-order valence-electron chi connectivity index (χ0n) is 20.7. The van der Waals surface area contributed by atoms with Crippen LogP contribution in [0.15, 0.2) is 54.3 Å². The molecule has 1 fully saturated rings. The lowest BCUT2D eigenvalue weighted by atomic mass is 9.86. The Labute approximate surface area is 200 Å². The van der Waals surface area contributed by atoms with E-state index in [9.17, 15) is 9.59 Å². The van der Waals surface area contributed by atoms with Crippen molar-refractivity contribution in [3.8, 4) is 0 Å². The number of esters is 1. The van der Waals surface area contributed by atoms with Gasteiger partial charge < -0.3 is 10.1 Å². The minimum Gasteiger partial charge on any atom is -0.463 e. The van der Waals surface area contributed by atoms with E-state index in [4.69, 9.17) is 4.74 Å². The Balaban J connectivity index is 1.86. The molecule has 4 heteroatoms. The summed E-state index contributed by atoms with van der Waals surface area (Å²) in [4.78, 5) is 24.6. The number of benzene rings is 1. The van der Waals surface area contributed by atoms with Crippen molar-refractivity contribution < 1.29 is 14.3 Å². The topological polar surface area (TPSA) is 55.4 Å². The molecular weight excluding hydrogens is 410 g/mol. The van der Waals surface area contributed by atoms with Crippen LogP contribution in [0.2, 0.25) is 0 Å². The third-order valence-electron chi connectivity index (χ3n) is 6.50. The second-order valence-corrected chi connectivity index (χ2v) is 9.11. The highest BCUT2D eigenvalue weighted by molar-refractivity contribution is 6.00. The number of rotatable bonds is 16. The van der Waals surface area contributed by atoms with E-state index in [-0.39, 0.29) is 11.9 Å². The van der Waals surface area contributed by atoms with Crippen molar-refractivity contribution in [2.24, 2.45) is 11.8 Å². The molecule has 0 saturated heterocycles. The lowest BCUT2D eigenvalue weighted by Gasteiger charge is -2.17. The summed E-state index contributed by atoms with van der Waals surface area (Å²) in [5.74, 6) is 0.653. The number of para-hydroxylation sites is 1. The maximum Gasteiger partial charge on any atom is 0.330 e. The zero-order chi connectivity index (χ0) is 23.7. The zero-order valence-corrected chi connectivity index (χ0v) is 20.7. The molecule has 4 nitrogen and oxygen atoms in total. The molecule has 0 radical (unpaired) electrons. The second-order valence-electron chi connectivity index (χ2n) is 9.11. The Morgan fingerprint density at radius 1 is 1.00 bits per heavy atom. The number of anilines is 1. The highest BCUT2D eigenvalue weighted by atomic mass is 16.5. The summed E-state index contributed by atoms with van der Waals surface area (Å²) in [7, 11) is 0. The van der Waals surface area contributed by atoms with Crippen molar-refractivity contribution in [2.45, 2.75) is 90.9 Å². The van der Waals surface area contributed by atoms with E-state index in [1.165, 1.54) is 44.6 Å². The minimum atomic E-state index is -0.275. The monoisotopic (exact) mass is 453 g/mol. The number of carbonyl (C=O) groups is 2. The number of hydrogen-bond donors (Lipinski definition) is 1. The minimum absolute atomic E-state index is 0.138. The van der Waals surface area contributed by atoms with Gasteiger partial charge in [0.05, 0.1) is 6.61 Å². The molecule has 182 valence electrons. The molecule has 0 aliphatic heterocycles. The van der Waals surface area contributed by atoms with E-state index in [1.807, 2.05) is 49.5 Å². The first kappa shape index (κ1) is 26.9. The smallest absolute Gasteiger partial charge is 0.330 e. The van der Waals surface area contributed by atoms with Crippen molar-refractivity contribution in [2.75, 3.05) is 11.9 Å². The van der Waals surface area contributed by atoms with Gasteiger partial charge in [-0.2, -0.15) is 0 Å². The molecule has 1 aromatic carbocycles. The van der Waals surface area contributed by atoms with E-state index < -0.39 is 0 Å². The summed E-state index contributed by atoms with van der Waals surface area (Å²) in [6.45, 7) is 4.46. The molecule has 0 spiro atoms. The number of allylic oxidation sites excluding steroid dienone is 2. The molecule has 1 aliphatic carbocycles. The molecule has 0 amide bonds. The molecular formula is C29H43NO3. The first-order chi connectivity index (χ1) is 16.2. The summed E-state index contributed by atoms with van der Waals surface area (Å²) < 4.78 is 4.91. The number of nitrogens with one attached hydrogen (secondary N) is 1. The van der Waals surface area contributed by atoms with E-state index in [0.717, 1.165) is 49.8 Å². The molecule has 0 unspecified atom stereocenters. The Bertz CT molecular complexity index is 753. The van der Waals surface area contributed by atoms with Crippen molar-refractivity contribution in [1.82, 2.24) is 0 Å².